The summed E-state index contributed by atoms with van der Waals surface area (Å²) >= 11 is 5.84. The third kappa shape index (κ3) is 2.68. The largest absolute Gasteiger partial charge is 0.375 e. The number of anilines is 1. The lowest BCUT2D eigenvalue weighted by molar-refractivity contribution is -0.383. The molecule has 0 saturated heterocycles. The van der Waals surface area contributed by atoms with E-state index in [9.17, 15) is 10.1 Å². The molecule has 1 N–H and O–H groups in total. The van der Waals surface area contributed by atoms with Crippen molar-refractivity contribution in [3.05, 3.63) is 50.8 Å². The van der Waals surface area contributed by atoms with Gasteiger partial charge in [-0.2, -0.15) is 5.10 Å². The normalized spacial score (nSPS) is 10.5. The van der Waals surface area contributed by atoms with Crippen LogP contribution in [0.3, 0.4) is 0 Å². The second kappa shape index (κ2) is 5.27. The number of nitro benzene ring substituents is 1. The SMILES string of the molecule is Cc1c(CNc2cccc(Cl)c2[N+](=O)[O-])cnn1C. The minimum atomic E-state index is -0.485. The number of nitrogens with one attached hydrogen (secondary N) is 1. The zero-order chi connectivity index (χ0) is 14.0. The van der Waals surface area contributed by atoms with E-state index in [1.54, 1.807) is 23.0 Å². The van der Waals surface area contributed by atoms with Crippen molar-refractivity contribution in [2.45, 2.75) is 13.5 Å². The third-order valence-corrected chi connectivity index (χ3v) is 3.28. The predicted octanol–water partition coefficient (Wildman–Crippen LogP) is 2.90. The number of nitrogens with zero attached hydrogens (tertiary/aromatic N) is 3. The molecule has 6 nitrogen and oxygen atoms in total. The Kier molecular flexibility index (Phi) is 3.71. The summed E-state index contributed by atoms with van der Waals surface area (Å²) in [6.45, 7) is 2.40. The lowest BCUT2D eigenvalue weighted by atomic mass is 10.2. The van der Waals surface area contributed by atoms with Crippen LogP contribution in [-0.2, 0) is 13.6 Å². The van der Waals surface area contributed by atoms with Gasteiger partial charge in [-0.25, -0.2) is 0 Å². The lowest BCUT2D eigenvalue weighted by Gasteiger charge is -2.07. The molecule has 0 spiro atoms. The molecule has 0 fully saturated rings. The van der Waals surface area contributed by atoms with E-state index in [2.05, 4.69) is 10.4 Å². The molecule has 0 saturated carbocycles. The van der Waals surface area contributed by atoms with E-state index >= 15 is 0 Å². The Morgan fingerprint density at radius 3 is 2.84 bits per heavy atom. The van der Waals surface area contributed by atoms with E-state index in [0.717, 1.165) is 11.3 Å². The van der Waals surface area contributed by atoms with Gasteiger partial charge in [0, 0.05) is 24.8 Å². The molecule has 0 atom stereocenters. The molecular formula is C12H13ClN4O2. The summed E-state index contributed by atoms with van der Waals surface area (Å²) in [5.74, 6) is 0. The first-order valence-corrected chi connectivity index (χ1v) is 6.02. The Hall–Kier alpha value is -2.08. The van der Waals surface area contributed by atoms with E-state index in [0.29, 0.717) is 12.2 Å². The van der Waals surface area contributed by atoms with Crippen LogP contribution in [0.15, 0.2) is 24.4 Å². The average Bonchev–Trinajstić information content (AvgIpc) is 2.67. The van der Waals surface area contributed by atoms with Gasteiger partial charge < -0.3 is 5.32 Å². The summed E-state index contributed by atoms with van der Waals surface area (Å²) in [6.07, 6.45) is 1.73. The topological polar surface area (TPSA) is 73.0 Å². The highest BCUT2D eigenvalue weighted by molar-refractivity contribution is 6.33. The van der Waals surface area contributed by atoms with Crippen molar-refractivity contribution in [3.8, 4) is 0 Å². The molecule has 2 rings (SSSR count). The zero-order valence-electron chi connectivity index (χ0n) is 10.6. The van der Waals surface area contributed by atoms with Crippen LogP contribution in [0.4, 0.5) is 11.4 Å². The Labute approximate surface area is 115 Å². The quantitative estimate of drug-likeness (QED) is 0.690. The van der Waals surface area contributed by atoms with E-state index in [1.165, 1.54) is 6.07 Å². The minimum Gasteiger partial charge on any atom is -0.375 e. The van der Waals surface area contributed by atoms with E-state index in [-0.39, 0.29) is 10.7 Å². The highest BCUT2D eigenvalue weighted by Gasteiger charge is 2.18. The van der Waals surface area contributed by atoms with Crippen LogP contribution in [0, 0.1) is 17.0 Å². The second-order valence-electron chi connectivity index (χ2n) is 4.13. The molecule has 2 aromatic rings. The van der Waals surface area contributed by atoms with Gasteiger partial charge in [0.25, 0.3) is 0 Å². The van der Waals surface area contributed by atoms with Gasteiger partial charge in [-0.1, -0.05) is 17.7 Å². The first-order chi connectivity index (χ1) is 9.00. The summed E-state index contributed by atoms with van der Waals surface area (Å²) in [7, 11) is 1.85. The molecular weight excluding hydrogens is 268 g/mol. The molecule has 7 heteroatoms. The Morgan fingerprint density at radius 1 is 1.53 bits per heavy atom. The van der Waals surface area contributed by atoms with Gasteiger partial charge in [-0.15, -0.1) is 0 Å². The van der Waals surface area contributed by atoms with Crippen LogP contribution in [0.2, 0.25) is 5.02 Å². The molecule has 0 aliphatic heterocycles. The van der Waals surface area contributed by atoms with Crippen LogP contribution >= 0.6 is 11.6 Å². The van der Waals surface area contributed by atoms with Crippen LogP contribution in [0.25, 0.3) is 0 Å². The molecule has 1 aromatic heterocycles. The number of aryl methyl sites for hydroxylation is 1. The maximum Gasteiger partial charge on any atom is 0.310 e. The molecule has 100 valence electrons. The molecule has 0 radical (unpaired) electrons. The summed E-state index contributed by atoms with van der Waals surface area (Å²) < 4.78 is 1.75. The number of aromatic nitrogens is 2. The van der Waals surface area contributed by atoms with E-state index in [4.69, 9.17) is 11.6 Å². The molecule has 1 aromatic carbocycles. The van der Waals surface area contributed by atoms with Gasteiger partial charge in [0.05, 0.1) is 11.1 Å². The minimum absolute atomic E-state index is 0.106. The average molecular weight is 281 g/mol. The molecule has 1 heterocycles. The number of nitro groups is 1. The summed E-state index contributed by atoms with van der Waals surface area (Å²) in [5, 5.41) is 18.3. The van der Waals surface area contributed by atoms with E-state index < -0.39 is 4.92 Å². The maximum absolute atomic E-state index is 11.0. The zero-order valence-corrected chi connectivity index (χ0v) is 11.3. The van der Waals surface area contributed by atoms with E-state index in [1.807, 2.05) is 14.0 Å². The van der Waals surface area contributed by atoms with Gasteiger partial charge >= 0.3 is 5.69 Å². The van der Waals surface area contributed by atoms with Gasteiger partial charge in [0.15, 0.2) is 0 Å². The lowest BCUT2D eigenvalue weighted by Crippen LogP contribution is -2.04. The van der Waals surface area contributed by atoms with Crippen molar-refractivity contribution in [1.82, 2.24) is 9.78 Å². The predicted molar refractivity (Wildman–Crippen MR) is 73.4 cm³/mol. The van der Waals surface area contributed by atoms with Gasteiger partial charge in [0.2, 0.25) is 0 Å². The fourth-order valence-electron chi connectivity index (χ4n) is 1.75. The standard InChI is InChI=1S/C12H13ClN4O2/c1-8-9(7-15-16(8)2)6-14-11-5-3-4-10(13)12(11)17(18)19/h3-5,7,14H,6H2,1-2H3. The van der Waals surface area contributed by atoms with Crippen LogP contribution < -0.4 is 5.32 Å². The summed E-state index contributed by atoms with van der Waals surface area (Å²) in [4.78, 5) is 10.5. The molecule has 0 aliphatic carbocycles. The molecule has 0 amide bonds. The van der Waals surface area contributed by atoms with Crippen molar-refractivity contribution in [3.63, 3.8) is 0 Å². The van der Waals surface area contributed by atoms with Crippen LogP contribution in [-0.4, -0.2) is 14.7 Å². The Bertz CT molecular complexity index is 624. The summed E-state index contributed by atoms with van der Waals surface area (Å²) in [6, 6.07) is 4.81. The highest BCUT2D eigenvalue weighted by Crippen LogP contribution is 2.32. The second-order valence-corrected chi connectivity index (χ2v) is 4.53. The number of benzene rings is 1. The molecule has 0 bridgehead atoms. The fraction of sp³-hybridized carbons (Fsp3) is 0.250. The van der Waals surface area contributed by atoms with Gasteiger partial charge in [0.1, 0.15) is 10.7 Å². The van der Waals surface area contributed by atoms with Gasteiger partial charge in [-0.05, 0) is 19.1 Å². The molecule has 19 heavy (non-hydrogen) atoms. The first kappa shape index (κ1) is 13.4. The van der Waals surface area contributed by atoms with Crippen molar-refractivity contribution < 1.29 is 4.92 Å². The smallest absolute Gasteiger partial charge is 0.310 e. The third-order valence-electron chi connectivity index (χ3n) is 2.98. The summed E-state index contributed by atoms with van der Waals surface area (Å²) in [5.41, 5.74) is 2.29. The van der Waals surface area contributed by atoms with Crippen molar-refractivity contribution >= 4 is 23.0 Å². The molecule has 0 aliphatic rings. The number of hydrogen-bond donors (Lipinski definition) is 1. The number of para-hydroxylation sites is 1. The van der Waals surface area contributed by atoms with Crippen LogP contribution in [0.1, 0.15) is 11.3 Å². The number of hydrogen-bond acceptors (Lipinski definition) is 4. The first-order valence-electron chi connectivity index (χ1n) is 5.65. The van der Waals surface area contributed by atoms with Crippen LogP contribution in [0.5, 0.6) is 0 Å². The van der Waals surface area contributed by atoms with Gasteiger partial charge in [-0.3, -0.25) is 14.8 Å². The van der Waals surface area contributed by atoms with Crippen molar-refractivity contribution in [2.24, 2.45) is 7.05 Å². The number of rotatable bonds is 4. The fourth-order valence-corrected chi connectivity index (χ4v) is 2.00. The Balaban J connectivity index is 2.23. The number of halogens is 1. The monoisotopic (exact) mass is 280 g/mol. The highest BCUT2D eigenvalue weighted by atomic mass is 35.5. The van der Waals surface area contributed by atoms with Crippen molar-refractivity contribution in [1.29, 1.82) is 0 Å². The maximum atomic E-state index is 11.0. The Morgan fingerprint density at radius 2 is 2.26 bits per heavy atom. The molecule has 0 unspecified atom stereocenters. The van der Waals surface area contributed by atoms with Crippen molar-refractivity contribution in [2.75, 3.05) is 5.32 Å².